The first-order valence-corrected chi connectivity index (χ1v) is 6.19. The van der Waals surface area contributed by atoms with Gasteiger partial charge in [-0.05, 0) is 18.6 Å². The van der Waals surface area contributed by atoms with E-state index < -0.39 is 11.6 Å². The van der Waals surface area contributed by atoms with Crippen molar-refractivity contribution in [1.29, 1.82) is 0 Å². The number of anilines is 4. The van der Waals surface area contributed by atoms with Crippen LogP contribution in [-0.4, -0.2) is 16.5 Å². The molecule has 0 unspecified atom stereocenters. The van der Waals surface area contributed by atoms with E-state index in [0.717, 1.165) is 25.1 Å². The molecule has 0 aliphatic heterocycles. The summed E-state index contributed by atoms with van der Waals surface area (Å²) in [7, 11) is 0. The molecule has 0 aliphatic rings. The minimum Gasteiger partial charge on any atom is -0.370 e. The first-order valence-electron chi connectivity index (χ1n) is 6.19. The SMILES string of the molecule is CCCNc1cc(Nc2ccc(F)cc2F)nc(N)n1. The van der Waals surface area contributed by atoms with Gasteiger partial charge in [-0.3, -0.25) is 0 Å². The lowest BCUT2D eigenvalue weighted by atomic mass is 10.3. The van der Waals surface area contributed by atoms with Crippen molar-refractivity contribution in [1.82, 2.24) is 9.97 Å². The minimum absolute atomic E-state index is 0.0659. The van der Waals surface area contributed by atoms with Crippen LogP contribution < -0.4 is 16.4 Å². The third-order valence-electron chi connectivity index (χ3n) is 2.49. The zero-order valence-electron chi connectivity index (χ0n) is 11.0. The summed E-state index contributed by atoms with van der Waals surface area (Å²) in [6, 6.07) is 4.85. The van der Waals surface area contributed by atoms with Gasteiger partial charge in [-0.25, -0.2) is 8.78 Å². The zero-order chi connectivity index (χ0) is 14.5. The summed E-state index contributed by atoms with van der Waals surface area (Å²) >= 11 is 0. The maximum Gasteiger partial charge on any atom is 0.223 e. The molecule has 0 spiro atoms. The minimum atomic E-state index is -0.703. The average molecular weight is 279 g/mol. The highest BCUT2D eigenvalue weighted by molar-refractivity contribution is 5.61. The highest BCUT2D eigenvalue weighted by atomic mass is 19.1. The zero-order valence-corrected chi connectivity index (χ0v) is 11.0. The summed E-state index contributed by atoms with van der Waals surface area (Å²) < 4.78 is 26.4. The van der Waals surface area contributed by atoms with Crippen molar-refractivity contribution >= 4 is 23.3 Å². The Labute approximate surface area is 115 Å². The highest BCUT2D eigenvalue weighted by Gasteiger charge is 2.07. The van der Waals surface area contributed by atoms with Crippen molar-refractivity contribution in [2.75, 3.05) is 22.9 Å². The number of halogens is 2. The van der Waals surface area contributed by atoms with Crippen molar-refractivity contribution in [3.8, 4) is 0 Å². The Morgan fingerprint density at radius 2 is 1.90 bits per heavy atom. The first-order chi connectivity index (χ1) is 9.58. The summed E-state index contributed by atoms with van der Waals surface area (Å²) in [5, 5.41) is 5.80. The Morgan fingerprint density at radius 3 is 2.60 bits per heavy atom. The quantitative estimate of drug-likeness (QED) is 0.784. The molecule has 0 radical (unpaired) electrons. The standard InChI is InChI=1S/C13H15F2N5/c1-2-5-17-11-7-12(20-13(16)19-11)18-10-4-3-8(14)6-9(10)15/h3-4,6-7H,2,5H2,1H3,(H4,16,17,18,19,20). The van der Waals surface area contributed by atoms with Crippen molar-refractivity contribution in [2.24, 2.45) is 0 Å². The Balaban J connectivity index is 2.21. The van der Waals surface area contributed by atoms with Gasteiger partial charge in [-0.15, -0.1) is 0 Å². The van der Waals surface area contributed by atoms with Crippen LogP contribution in [0.15, 0.2) is 24.3 Å². The second-order valence-electron chi connectivity index (χ2n) is 4.17. The number of nitrogens with one attached hydrogen (secondary N) is 2. The van der Waals surface area contributed by atoms with Crippen molar-refractivity contribution in [3.63, 3.8) is 0 Å². The van der Waals surface area contributed by atoms with Gasteiger partial charge in [0.1, 0.15) is 23.3 Å². The molecule has 0 atom stereocenters. The topological polar surface area (TPSA) is 75.9 Å². The van der Waals surface area contributed by atoms with Crippen molar-refractivity contribution < 1.29 is 8.78 Å². The van der Waals surface area contributed by atoms with Crippen LogP contribution in [0.25, 0.3) is 0 Å². The second-order valence-corrected chi connectivity index (χ2v) is 4.17. The maximum absolute atomic E-state index is 13.5. The summed E-state index contributed by atoms with van der Waals surface area (Å²) in [5.74, 6) is -0.395. The number of benzene rings is 1. The molecule has 0 saturated heterocycles. The summed E-state index contributed by atoms with van der Waals surface area (Å²) in [6.07, 6.45) is 0.930. The van der Waals surface area contributed by atoms with Crippen LogP contribution in [-0.2, 0) is 0 Å². The highest BCUT2D eigenvalue weighted by Crippen LogP contribution is 2.21. The molecule has 0 bridgehead atoms. The van der Waals surface area contributed by atoms with E-state index in [9.17, 15) is 8.78 Å². The van der Waals surface area contributed by atoms with Gasteiger partial charge in [0.25, 0.3) is 0 Å². The molecule has 0 fully saturated rings. The van der Waals surface area contributed by atoms with Crippen LogP contribution >= 0.6 is 0 Å². The fourth-order valence-electron chi connectivity index (χ4n) is 1.60. The number of aromatic nitrogens is 2. The number of nitrogen functional groups attached to an aromatic ring is 1. The molecule has 4 N–H and O–H groups in total. The van der Waals surface area contributed by atoms with E-state index in [1.165, 1.54) is 6.07 Å². The van der Waals surface area contributed by atoms with Crippen LogP contribution in [0.5, 0.6) is 0 Å². The third kappa shape index (κ3) is 3.53. The van der Waals surface area contributed by atoms with E-state index in [1.807, 2.05) is 6.92 Å². The van der Waals surface area contributed by atoms with Gasteiger partial charge in [0, 0.05) is 18.7 Å². The molecule has 1 aromatic carbocycles. The van der Waals surface area contributed by atoms with E-state index in [0.29, 0.717) is 11.6 Å². The van der Waals surface area contributed by atoms with E-state index in [4.69, 9.17) is 5.73 Å². The fourth-order valence-corrected chi connectivity index (χ4v) is 1.60. The molecule has 2 rings (SSSR count). The molecule has 20 heavy (non-hydrogen) atoms. The van der Waals surface area contributed by atoms with E-state index in [1.54, 1.807) is 6.07 Å². The van der Waals surface area contributed by atoms with Gasteiger partial charge in [-0.2, -0.15) is 9.97 Å². The van der Waals surface area contributed by atoms with Gasteiger partial charge >= 0.3 is 0 Å². The van der Waals surface area contributed by atoms with Gasteiger partial charge in [-0.1, -0.05) is 6.92 Å². The van der Waals surface area contributed by atoms with Gasteiger partial charge in [0.05, 0.1) is 5.69 Å². The van der Waals surface area contributed by atoms with E-state index >= 15 is 0 Å². The van der Waals surface area contributed by atoms with Crippen LogP contribution in [0.4, 0.5) is 32.1 Å². The van der Waals surface area contributed by atoms with Gasteiger partial charge in [0.15, 0.2) is 0 Å². The average Bonchev–Trinajstić information content (AvgIpc) is 2.39. The molecule has 0 aliphatic carbocycles. The molecular formula is C13H15F2N5. The lowest BCUT2D eigenvalue weighted by Gasteiger charge is -2.10. The predicted octanol–water partition coefficient (Wildman–Crippen LogP) is 2.90. The van der Waals surface area contributed by atoms with E-state index in [2.05, 4.69) is 20.6 Å². The number of hydrogen-bond donors (Lipinski definition) is 3. The Hall–Kier alpha value is -2.44. The molecule has 7 heteroatoms. The molecule has 1 heterocycles. The van der Waals surface area contributed by atoms with Crippen LogP contribution in [0.1, 0.15) is 13.3 Å². The van der Waals surface area contributed by atoms with Crippen molar-refractivity contribution in [3.05, 3.63) is 35.9 Å². The van der Waals surface area contributed by atoms with Crippen molar-refractivity contribution in [2.45, 2.75) is 13.3 Å². The summed E-state index contributed by atoms with van der Waals surface area (Å²) in [4.78, 5) is 7.97. The predicted molar refractivity (Wildman–Crippen MR) is 74.9 cm³/mol. The monoisotopic (exact) mass is 279 g/mol. The number of rotatable bonds is 5. The number of hydrogen-bond acceptors (Lipinski definition) is 5. The number of nitrogens with zero attached hydrogens (tertiary/aromatic N) is 2. The van der Waals surface area contributed by atoms with Gasteiger partial charge in [0.2, 0.25) is 5.95 Å². The largest absolute Gasteiger partial charge is 0.370 e. The molecular weight excluding hydrogens is 264 g/mol. The number of nitrogens with two attached hydrogens (primary N) is 1. The molecule has 0 saturated carbocycles. The molecule has 1 aromatic heterocycles. The summed E-state index contributed by atoms with van der Waals surface area (Å²) in [5.41, 5.74) is 5.71. The Morgan fingerprint density at radius 1 is 1.15 bits per heavy atom. The molecule has 2 aromatic rings. The molecule has 106 valence electrons. The summed E-state index contributed by atoms with van der Waals surface area (Å²) in [6.45, 7) is 2.76. The smallest absolute Gasteiger partial charge is 0.223 e. The Bertz CT molecular complexity index is 603. The third-order valence-corrected chi connectivity index (χ3v) is 2.49. The van der Waals surface area contributed by atoms with E-state index in [-0.39, 0.29) is 11.6 Å². The van der Waals surface area contributed by atoms with Gasteiger partial charge < -0.3 is 16.4 Å². The fraction of sp³-hybridized carbons (Fsp3) is 0.231. The first kappa shape index (κ1) is 14.0. The molecule has 5 nitrogen and oxygen atoms in total. The Kier molecular flexibility index (Phi) is 4.29. The van der Waals surface area contributed by atoms with Crippen LogP contribution in [0.2, 0.25) is 0 Å². The normalized spacial score (nSPS) is 10.3. The maximum atomic E-state index is 13.5. The van der Waals surface area contributed by atoms with Crippen LogP contribution in [0.3, 0.4) is 0 Å². The lowest BCUT2D eigenvalue weighted by Crippen LogP contribution is -2.07. The lowest BCUT2D eigenvalue weighted by molar-refractivity contribution is 0.586. The second kappa shape index (κ2) is 6.14. The van der Waals surface area contributed by atoms with Crippen LogP contribution in [0, 0.1) is 11.6 Å². The molecule has 0 amide bonds.